The SMILES string of the molecule is C[C@H](OCc1ccccc1OC(F)F)C(=O)O. The highest BCUT2D eigenvalue weighted by Crippen LogP contribution is 2.21. The standard InChI is InChI=1S/C11H12F2O4/c1-7(10(14)15)16-6-8-4-2-3-5-9(8)17-11(12)13/h2-5,7,11H,6H2,1H3,(H,14,15)/t7-/m0/s1. The van der Waals surface area contributed by atoms with Gasteiger partial charge in [0.2, 0.25) is 0 Å². The largest absolute Gasteiger partial charge is 0.479 e. The molecule has 1 rings (SSSR count). The Morgan fingerprint density at radius 3 is 2.65 bits per heavy atom. The zero-order valence-corrected chi connectivity index (χ0v) is 9.10. The summed E-state index contributed by atoms with van der Waals surface area (Å²) in [6, 6.07) is 6.08. The van der Waals surface area contributed by atoms with Gasteiger partial charge in [-0.05, 0) is 13.0 Å². The number of rotatable bonds is 6. The third-order valence-corrected chi connectivity index (χ3v) is 2.03. The number of carbonyl (C=O) groups is 1. The molecular weight excluding hydrogens is 234 g/mol. The molecule has 0 aliphatic heterocycles. The first-order valence-electron chi connectivity index (χ1n) is 4.88. The summed E-state index contributed by atoms with van der Waals surface area (Å²) in [4.78, 5) is 10.5. The van der Waals surface area contributed by atoms with Crippen LogP contribution < -0.4 is 4.74 Å². The molecule has 0 spiro atoms. The highest BCUT2D eigenvalue weighted by Gasteiger charge is 2.14. The van der Waals surface area contributed by atoms with Crippen LogP contribution in [0.5, 0.6) is 5.75 Å². The zero-order chi connectivity index (χ0) is 12.8. The van der Waals surface area contributed by atoms with E-state index in [4.69, 9.17) is 9.84 Å². The molecule has 0 radical (unpaired) electrons. The predicted octanol–water partition coefficient (Wildman–Crippen LogP) is 2.28. The maximum absolute atomic E-state index is 12.1. The van der Waals surface area contributed by atoms with Gasteiger partial charge in [-0.3, -0.25) is 0 Å². The van der Waals surface area contributed by atoms with Gasteiger partial charge in [0.1, 0.15) is 5.75 Å². The monoisotopic (exact) mass is 246 g/mol. The van der Waals surface area contributed by atoms with Crippen molar-refractivity contribution in [3.05, 3.63) is 29.8 Å². The average Bonchev–Trinajstić information content (AvgIpc) is 2.26. The van der Waals surface area contributed by atoms with Crippen LogP contribution >= 0.6 is 0 Å². The van der Waals surface area contributed by atoms with E-state index in [1.165, 1.54) is 19.1 Å². The van der Waals surface area contributed by atoms with Crippen molar-refractivity contribution in [1.82, 2.24) is 0 Å². The Morgan fingerprint density at radius 1 is 1.41 bits per heavy atom. The first-order chi connectivity index (χ1) is 8.00. The van der Waals surface area contributed by atoms with Gasteiger partial charge in [-0.25, -0.2) is 4.79 Å². The second-order valence-electron chi connectivity index (χ2n) is 3.28. The van der Waals surface area contributed by atoms with Crippen molar-refractivity contribution in [2.75, 3.05) is 0 Å². The third-order valence-electron chi connectivity index (χ3n) is 2.03. The van der Waals surface area contributed by atoms with Gasteiger partial charge in [-0.15, -0.1) is 0 Å². The van der Waals surface area contributed by atoms with E-state index >= 15 is 0 Å². The molecular formula is C11H12F2O4. The van der Waals surface area contributed by atoms with E-state index in [0.717, 1.165) is 0 Å². The molecule has 94 valence electrons. The lowest BCUT2D eigenvalue weighted by Crippen LogP contribution is -2.19. The predicted molar refractivity (Wildman–Crippen MR) is 55.0 cm³/mol. The maximum Gasteiger partial charge on any atom is 0.387 e. The molecule has 0 bridgehead atoms. The van der Waals surface area contributed by atoms with E-state index in [9.17, 15) is 13.6 Å². The molecule has 4 nitrogen and oxygen atoms in total. The molecule has 1 atom stereocenters. The van der Waals surface area contributed by atoms with E-state index < -0.39 is 18.7 Å². The molecule has 17 heavy (non-hydrogen) atoms. The van der Waals surface area contributed by atoms with Crippen molar-refractivity contribution < 1.29 is 28.2 Å². The van der Waals surface area contributed by atoms with E-state index in [1.54, 1.807) is 12.1 Å². The van der Waals surface area contributed by atoms with E-state index in [0.29, 0.717) is 5.56 Å². The highest BCUT2D eigenvalue weighted by atomic mass is 19.3. The van der Waals surface area contributed by atoms with Crippen LogP contribution in [0.3, 0.4) is 0 Å². The van der Waals surface area contributed by atoms with Crippen LogP contribution in [0.4, 0.5) is 8.78 Å². The lowest BCUT2D eigenvalue weighted by molar-refractivity contribution is -0.150. The number of carboxylic acids is 1. The third kappa shape index (κ3) is 4.36. The minimum atomic E-state index is -2.92. The van der Waals surface area contributed by atoms with Crippen molar-refractivity contribution in [2.45, 2.75) is 26.2 Å². The molecule has 0 saturated heterocycles. The Balaban J connectivity index is 2.66. The van der Waals surface area contributed by atoms with Crippen LogP contribution in [0.15, 0.2) is 24.3 Å². The normalized spacial score (nSPS) is 12.5. The minimum Gasteiger partial charge on any atom is -0.479 e. The summed E-state index contributed by atoms with van der Waals surface area (Å²) in [5.74, 6) is -1.13. The Kier molecular flexibility index (Phi) is 4.84. The summed E-state index contributed by atoms with van der Waals surface area (Å²) in [6.45, 7) is -1.66. The number of carboxylic acid groups (broad SMARTS) is 1. The van der Waals surface area contributed by atoms with Gasteiger partial charge in [-0.1, -0.05) is 18.2 Å². The van der Waals surface area contributed by atoms with Crippen LogP contribution in [0.25, 0.3) is 0 Å². The Morgan fingerprint density at radius 2 is 2.06 bits per heavy atom. The Hall–Kier alpha value is -1.69. The average molecular weight is 246 g/mol. The number of halogens is 2. The van der Waals surface area contributed by atoms with Crippen LogP contribution in [-0.4, -0.2) is 23.8 Å². The summed E-state index contributed by atoms with van der Waals surface area (Å²) in [5.41, 5.74) is 0.376. The first kappa shape index (κ1) is 13.4. The number of aliphatic carboxylic acids is 1. The summed E-state index contributed by atoms with van der Waals surface area (Å²) in [6.07, 6.45) is -1.00. The van der Waals surface area contributed by atoms with Crippen LogP contribution in [0, 0.1) is 0 Å². The molecule has 1 aromatic carbocycles. The van der Waals surface area contributed by atoms with Crippen molar-refractivity contribution in [3.63, 3.8) is 0 Å². The molecule has 0 amide bonds. The van der Waals surface area contributed by atoms with Crippen molar-refractivity contribution >= 4 is 5.97 Å². The molecule has 0 aromatic heterocycles. The van der Waals surface area contributed by atoms with E-state index in [-0.39, 0.29) is 12.4 Å². The van der Waals surface area contributed by atoms with Gasteiger partial charge in [0.25, 0.3) is 0 Å². The number of hydrogen-bond acceptors (Lipinski definition) is 3. The number of hydrogen-bond donors (Lipinski definition) is 1. The zero-order valence-electron chi connectivity index (χ0n) is 9.10. The van der Waals surface area contributed by atoms with Gasteiger partial charge in [0, 0.05) is 5.56 Å². The maximum atomic E-state index is 12.1. The molecule has 0 saturated carbocycles. The fourth-order valence-corrected chi connectivity index (χ4v) is 1.12. The van der Waals surface area contributed by atoms with Gasteiger partial charge in [-0.2, -0.15) is 8.78 Å². The molecule has 6 heteroatoms. The second-order valence-corrected chi connectivity index (χ2v) is 3.28. The number of ether oxygens (including phenoxy) is 2. The molecule has 0 unspecified atom stereocenters. The van der Waals surface area contributed by atoms with Crippen LogP contribution in [0.1, 0.15) is 12.5 Å². The van der Waals surface area contributed by atoms with Crippen molar-refractivity contribution in [1.29, 1.82) is 0 Å². The summed E-state index contributed by atoms with van der Waals surface area (Å²) in [5, 5.41) is 8.60. The van der Waals surface area contributed by atoms with Gasteiger partial charge >= 0.3 is 12.6 Å². The molecule has 0 aliphatic rings. The first-order valence-corrected chi connectivity index (χ1v) is 4.88. The summed E-state index contributed by atoms with van der Waals surface area (Å²) in [7, 11) is 0. The van der Waals surface area contributed by atoms with E-state index in [2.05, 4.69) is 4.74 Å². The highest BCUT2D eigenvalue weighted by molar-refractivity contribution is 5.71. The topological polar surface area (TPSA) is 55.8 Å². The molecule has 1 aromatic rings. The fourth-order valence-electron chi connectivity index (χ4n) is 1.12. The fraction of sp³-hybridized carbons (Fsp3) is 0.364. The molecule has 0 aliphatic carbocycles. The van der Waals surface area contributed by atoms with E-state index in [1.807, 2.05) is 0 Å². The van der Waals surface area contributed by atoms with Crippen molar-refractivity contribution in [3.8, 4) is 5.75 Å². The Bertz CT molecular complexity index is 381. The van der Waals surface area contributed by atoms with Crippen LogP contribution in [0.2, 0.25) is 0 Å². The quantitative estimate of drug-likeness (QED) is 0.836. The molecule has 1 N–H and O–H groups in total. The number of para-hydroxylation sites is 1. The summed E-state index contributed by atoms with van der Waals surface area (Å²) < 4.78 is 33.4. The number of alkyl halides is 2. The number of benzene rings is 1. The Labute approximate surface area is 96.8 Å². The van der Waals surface area contributed by atoms with Crippen molar-refractivity contribution in [2.24, 2.45) is 0 Å². The molecule has 0 heterocycles. The van der Waals surface area contributed by atoms with Gasteiger partial charge in [0.15, 0.2) is 6.10 Å². The molecule has 0 fully saturated rings. The smallest absolute Gasteiger partial charge is 0.387 e. The lowest BCUT2D eigenvalue weighted by atomic mass is 10.2. The lowest BCUT2D eigenvalue weighted by Gasteiger charge is -2.12. The van der Waals surface area contributed by atoms with Gasteiger partial charge in [0.05, 0.1) is 6.61 Å². The van der Waals surface area contributed by atoms with Gasteiger partial charge < -0.3 is 14.6 Å². The van der Waals surface area contributed by atoms with Crippen LogP contribution in [-0.2, 0) is 16.1 Å². The summed E-state index contributed by atoms with van der Waals surface area (Å²) >= 11 is 0. The second kappa shape index (κ2) is 6.15. The minimum absolute atomic E-state index is 0.0138.